The van der Waals surface area contributed by atoms with Crippen molar-refractivity contribution in [3.63, 3.8) is 0 Å². The van der Waals surface area contributed by atoms with E-state index in [2.05, 4.69) is 20.4 Å². The number of aliphatic imine (C=N–C) groups is 1. The number of amides is 1. The Morgan fingerprint density at radius 3 is 2.52 bits per heavy atom. The number of nitrogens with one attached hydrogen (secondary N) is 2. The number of rotatable bonds is 8. The molecule has 0 aliphatic heterocycles. The van der Waals surface area contributed by atoms with Gasteiger partial charge in [-0.05, 0) is 31.0 Å². The molecule has 7 nitrogen and oxygen atoms in total. The van der Waals surface area contributed by atoms with Crippen molar-refractivity contribution in [2.75, 3.05) is 34.8 Å². The predicted octanol–water partition coefficient (Wildman–Crippen LogP) is 2.61. The van der Waals surface area contributed by atoms with E-state index < -0.39 is 12.0 Å². The summed E-state index contributed by atoms with van der Waals surface area (Å²) < 4.78 is 35.1. The van der Waals surface area contributed by atoms with Crippen LogP contribution in [0.1, 0.15) is 31.2 Å². The fourth-order valence-corrected chi connectivity index (χ4v) is 3.68. The summed E-state index contributed by atoms with van der Waals surface area (Å²) in [6.45, 7) is -2.26. The third-order valence-electron chi connectivity index (χ3n) is 5.17. The molecule has 0 aromatic heterocycles. The summed E-state index contributed by atoms with van der Waals surface area (Å²) in [6, 6.07) is 4.64. The monoisotopic (exact) mass is 412 g/mol. The fourth-order valence-electron chi connectivity index (χ4n) is 3.68. The van der Waals surface area contributed by atoms with Gasteiger partial charge in [0.15, 0.2) is 5.96 Å². The third kappa shape index (κ3) is 5.95. The molecule has 0 heterocycles. The third-order valence-corrected chi connectivity index (χ3v) is 5.17. The second-order valence-corrected chi connectivity index (χ2v) is 7.32. The Hall–Kier alpha value is -2.58. The van der Waals surface area contributed by atoms with Crippen LogP contribution in [0.4, 0.5) is 8.78 Å². The van der Waals surface area contributed by atoms with Crippen LogP contribution in [-0.2, 0) is 11.3 Å². The Balaban J connectivity index is 2.04. The van der Waals surface area contributed by atoms with Crippen molar-refractivity contribution in [3.8, 4) is 11.5 Å². The van der Waals surface area contributed by atoms with E-state index in [-0.39, 0.29) is 18.2 Å². The van der Waals surface area contributed by atoms with Gasteiger partial charge in [0.2, 0.25) is 5.91 Å². The number of alkyl halides is 2. The van der Waals surface area contributed by atoms with Gasteiger partial charge in [-0.3, -0.25) is 9.79 Å². The molecule has 1 aliphatic rings. The van der Waals surface area contributed by atoms with Crippen LogP contribution in [0, 0.1) is 5.41 Å². The van der Waals surface area contributed by atoms with Gasteiger partial charge in [-0.25, -0.2) is 0 Å². The van der Waals surface area contributed by atoms with Crippen molar-refractivity contribution in [2.24, 2.45) is 10.4 Å². The molecule has 0 bridgehead atoms. The summed E-state index contributed by atoms with van der Waals surface area (Å²) in [5.41, 5.74) is 0.0636. The van der Waals surface area contributed by atoms with Crippen LogP contribution in [0.5, 0.6) is 11.5 Å². The molecule has 29 heavy (non-hydrogen) atoms. The lowest BCUT2D eigenvalue weighted by Gasteiger charge is -2.31. The first-order chi connectivity index (χ1) is 13.8. The zero-order valence-corrected chi connectivity index (χ0v) is 17.4. The maximum absolute atomic E-state index is 12.7. The van der Waals surface area contributed by atoms with E-state index in [1.54, 1.807) is 38.2 Å². The summed E-state index contributed by atoms with van der Waals surface area (Å²) in [6.07, 6.45) is 3.70. The number of hydrogen-bond donors (Lipinski definition) is 2. The molecule has 9 heteroatoms. The van der Waals surface area contributed by atoms with Crippen molar-refractivity contribution in [2.45, 2.75) is 38.8 Å². The zero-order chi connectivity index (χ0) is 21.4. The molecular weight excluding hydrogens is 382 g/mol. The molecule has 0 atom stereocenters. The van der Waals surface area contributed by atoms with Crippen LogP contribution in [0.3, 0.4) is 0 Å². The molecule has 1 amide bonds. The van der Waals surface area contributed by atoms with E-state index in [9.17, 15) is 13.6 Å². The van der Waals surface area contributed by atoms with Crippen LogP contribution in [-0.4, -0.2) is 58.2 Å². The number of methoxy groups -OCH3 is 1. The minimum atomic E-state index is -2.92. The lowest BCUT2D eigenvalue weighted by Crippen LogP contribution is -2.49. The Bertz CT molecular complexity index is 720. The van der Waals surface area contributed by atoms with Gasteiger partial charge in [-0.15, -0.1) is 0 Å². The van der Waals surface area contributed by atoms with Crippen molar-refractivity contribution in [1.82, 2.24) is 15.5 Å². The van der Waals surface area contributed by atoms with E-state index in [0.717, 1.165) is 25.7 Å². The van der Waals surface area contributed by atoms with E-state index in [0.29, 0.717) is 23.8 Å². The van der Waals surface area contributed by atoms with Crippen molar-refractivity contribution < 1.29 is 23.0 Å². The molecule has 0 saturated heterocycles. The van der Waals surface area contributed by atoms with Gasteiger partial charge in [0.1, 0.15) is 11.5 Å². The van der Waals surface area contributed by atoms with Crippen LogP contribution in [0.2, 0.25) is 0 Å². The molecule has 1 aromatic rings. The molecule has 0 spiro atoms. The van der Waals surface area contributed by atoms with Crippen LogP contribution < -0.4 is 20.1 Å². The Labute approximate surface area is 170 Å². The highest BCUT2D eigenvalue weighted by Crippen LogP contribution is 2.38. The lowest BCUT2D eigenvalue weighted by molar-refractivity contribution is -0.138. The Kier molecular flexibility index (Phi) is 8.04. The number of halogens is 2. The summed E-state index contributed by atoms with van der Waals surface area (Å²) in [5, 5.41) is 6.31. The van der Waals surface area contributed by atoms with Gasteiger partial charge >= 0.3 is 6.61 Å². The molecule has 2 N–H and O–H groups in total. The number of nitrogens with zero attached hydrogens (tertiary/aromatic N) is 2. The number of benzene rings is 1. The van der Waals surface area contributed by atoms with E-state index in [1.807, 2.05) is 0 Å². The number of guanidine groups is 1. The molecule has 1 saturated carbocycles. The summed E-state index contributed by atoms with van der Waals surface area (Å²) in [4.78, 5) is 18.5. The van der Waals surface area contributed by atoms with Gasteiger partial charge in [-0.2, -0.15) is 8.78 Å². The van der Waals surface area contributed by atoms with Crippen LogP contribution in [0.15, 0.2) is 23.2 Å². The largest absolute Gasteiger partial charge is 0.497 e. The number of hydrogen-bond acceptors (Lipinski definition) is 4. The summed E-state index contributed by atoms with van der Waals surface area (Å²) in [7, 11) is 6.65. The Morgan fingerprint density at radius 1 is 1.28 bits per heavy atom. The molecular formula is C20H30F2N4O3. The molecule has 2 rings (SSSR count). The van der Waals surface area contributed by atoms with Gasteiger partial charge in [0, 0.05) is 39.8 Å². The van der Waals surface area contributed by atoms with Gasteiger partial charge < -0.3 is 25.0 Å². The van der Waals surface area contributed by atoms with Crippen LogP contribution >= 0.6 is 0 Å². The maximum atomic E-state index is 12.7. The highest BCUT2D eigenvalue weighted by Gasteiger charge is 2.42. The molecule has 0 unspecified atom stereocenters. The second-order valence-electron chi connectivity index (χ2n) is 7.32. The van der Waals surface area contributed by atoms with E-state index in [1.165, 1.54) is 13.2 Å². The van der Waals surface area contributed by atoms with Gasteiger partial charge in [-0.1, -0.05) is 12.8 Å². The van der Waals surface area contributed by atoms with Gasteiger partial charge in [0.05, 0.1) is 12.5 Å². The standard InChI is InChI=1S/C20H30F2N4O3/c1-23-19(25-13-20(9-5-6-10-20)17(27)26(2)3)24-12-14-11-15(28-4)7-8-16(14)29-18(21)22/h7-8,11,18H,5-6,9-10,12-13H2,1-4H3,(H2,23,24,25). The normalized spacial score (nSPS) is 15.9. The quantitative estimate of drug-likeness (QED) is 0.507. The first-order valence-electron chi connectivity index (χ1n) is 9.59. The first kappa shape index (κ1) is 22.7. The first-order valence-corrected chi connectivity index (χ1v) is 9.59. The van der Waals surface area contributed by atoms with Crippen molar-refractivity contribution in [3.05, 3.63) is 23.8 Å². The molecule has 1 aliphatic carbocycles. The molecule has 0 radical (unpaired) electrons. The minimum Gasteiger partial charge on any atom is -0.497 e. The van der Waals surface area contributed by atoms with E-state index >= 15 is 0 Å². The average molecular weight is 412 g/mol. The fraction of sp³-hybridized carbons (Fsp3) is 0.600. The highest BCUT2D eigenvalue weighted by molar-refractivity contribution is 5.85. The SMILES string of the molecule is CN=C(NCc1cc(OC)ccc1OC(F)F)NCC1(C(=O)N(C)C)CCCC1. The molecule has 1 aromatic carbocycles. The Morgan fingerprint density at radius 2 is 1.97 bits per heavy atom. The average Bonchev–Trinajstić information content (AvgIpc) is 3.18. The van der Waals surface area contributed by atoms with Crippen molar-refractivity contribution in [1.29, 1.82) is 0 Å². The number of carbonyl (C=O) groups is 1. The minimum absolute atomic E-state index is 0.0683. The van der Waals surface area contributed by atoms with Crippen LogP contribution in [0.25, 0.3) is 0 Å². The predicted molar refractivity (Wildman–Crippen MR) is 107 cm³/mol. The number of carbonyl (C=O) groups excluding carboxylic acids is 1. The highest BCUT2D eigenvalue weighted by atomic mass is 19.3. The molecule has 162 valence electrons. The van der Waals surface area contributed by atoms with E-state index in [4.69, 9.17) is 4.74 Å². The molecule has 1 fully saturated rings. The number of ether oxygens (including phenoxy) is 2. The smallest absolute Gasteiger partial charge is 0.387 e. The summed E-state index contributed by atoms with van der Waals surface area (Å²) >= 11 is 0. The van der Waals surface area contributed by atoms with Crippen molar-refractivity contribution >= 4 is 11.9 Å². The van der Waals surface area contributed by atoms with Gasteiger partial charge in [0.25, 0.3) is 0 Å². The lowest BCUT2D eigenvalue weighted by atomic mass is 9.84. The second kappa shape index (κ2) is 10.3. The maximum Gasteiger partial charge on any atom is 0.387 e. The topological polar surface area (TPSA) is 75.2 Å². The zero-order valence-electron chi connectivity index (χ0n) is 17.4. The summed E-state index contributed by atoms with van der Waals surface area (Å²) in [5.74, 6) is 1.19.